The van der Waals surface area contributed by atoms with E-state index in [0.717, 1.165) is 19.3 Å². The number of hydrogen-bond acceptors (Lipinski definition) is 5. The Labute approximate surface area is 146 Å². The Bertz CT molecular complexity index is 779. The highest BCUT2D eigenvalue weighted by Crippen LogP contribution is 2.28. The first kappa shape index (κ1) is 17.9. The minimum absolute atomic E-state index is 0.0124. The van der Waals surface area contributed by atoms with Crippen molar-refractivity contribution in [3.05, 3.63) is 17.6 Å². The molecule has 2 saturated heterocycles. The van der Waals surface area contributed by atoms with Crippen molar-refractivity contribution in [3.8, 4) is 0 Å². The van der Waals surface area contributed by atoms with Gasteiger partial charge in [-0.3, -0.25) is 4.79 Å². The van der Waals surface area contributed by atoms with Gasteiger partial charge in [0.2, 0.25) is 10.0 Å². The quantitative estimate of drug-likeness (QED) is 0.859. The van der Waals surface area contributed by atoms with Crippen LogP contribution in [-0.2, 0) is 14.8 Å². The molecule has 3 rings (SSSR count). The lowest BCUT2D eigenvalue weighted by atomic mass is 10.0. The van der Waals surface area contributed by atoms with E-state index in [2.05, 4.69) is 0 Å². The molecule has 138 valence electrons. The first-order valence-electron chi connectivity index (χ1n) is 8.46. The molecular weight excluding hydrogens is 348 g/mol. The number of carbonyl (C=O) groups excluding carboxylic acids is 1. The summed E-state index contributed by atoms with van der Waals surface area (Å²) in [6.07, 6.45) is 3.48. The predicted molar refractivity (Wildman–Crippen MR) is 87.7 cm³/mol. The molecule has 0 aliphatic carbocycles. The van der Waals surface area contributed by atoms with Crippen molar-refractivity contribution in [2.45, 2.75) is 50.0 Å². The maximum absolute atomic E-state index is 12.7. The molecule has 1 aromatic heterocycles. The molecule has 1 N–H and O–H groups in total. The SMILES string of the molecule is Cc1oc(C(=O)N2CCCC[C@@H]2C(=O)O)cc1S(=O)(=O)N1CCCC1. The number of amides is 1. The molecule has 2 aliphatic rings. The second-order valence-electron chi connectivity index (χ2n) is 6.49. The molecule has 0 unspecified atom stereocenters. The number of likely N-dealkylation sites (tertiary alicyclic amines) is 1. The first-order valence-corrected chi connectivity index (χ1v) is 9.90. The number of carboxylic acid groups (broad SMARTS) is 1. The maximum Gasteiger partial charge on any atom is 0.326 e. The van der Waals surface area contributed by atoms with Crippen LogP contribution < -0.4 is 0 Å². The Morgan fingerprint density at radius 3 is 2.44 bits per heavy atom. The number of carbonyl (C=O) groups is 2. The molecule has 9 heteroatoms. The van der Waals surface area contributed by atoms with Gasteiger partial charge in [0.15, 0.2) is 5.76 Å². The smallest absolute Gasteiger partial charge is 0.326 e. The molecule has 3 heterocycles. The molecule has 0 bridgehead atoms. The number of hydrogen-bond donors (Lipinski definition) is 1. The van der Waals surface area contributed by atoms with Gasteiger partial charge in [-0.2, -0.15) is 4.31 Å². The fourth-order valence-electron chi connectivity index (χ4n) is 3.47. The van der Waals surface area contributed by atoms with Crippen LogP contribution in [-0.4, -0.2) is 60.3 Å². The van der Waals surface area contributed by atoms with Crippen molar-refractivity contribution >= 4 is 21.9 Å². The summed E-state index contributed by atoms with van der Waals surface area (Å²) < 4.78 is 32.2. The number of nitrogens with zero attached hydrogens (tertiary/aromatic N) is 2. The van der Waals surface area contributed by atoms with E-state index in [0.29, 0.717) is 32.5 Å². The molecule has 8 nitrogen and oxygen atoms in total. The number of rotatable bonds is 4. The Hall–Kier alpha value is -1.87. The zero-order chi connectivity index (χ0) is 18.2. The van der Waals surface area contributed by atoms with Crippen LogP contribution in [0.1, 0.15) is 48.4 Å². The number of aliphatic carboxylic acids is 1. The fraction of sp³-hybridized carbons (Fsp3) is 0.625. The average molecular weight is 370 g/mol. The second-order valence-corrected chi connectivity index (χ2v) is 8.40. The predicted octanol–water partition coefficient (Wildman–Crippen LogP) is 1.45. The number of furan rings is 1. The van der Waals surface area contributed by atoms with Gasteiger partial charge in [-0.05, 0) is 39.0 Å². The lowest BCUT2D eigenvalue weighted by Crippen LogP contribution is -2.47. The number of piperidine rings is 1. The Morgan fingerprint density at radius 1 is 1.16 bits per heavy atom. The molecule has 2 aliphatic heterocycles. The van der Waals surface area contributed by atoms with E-state index in [1.807, 2.05) is 0 Å². The summed E-state index contributed by atoms with van der Waals surface area (Å²) >= 11 is 0. The third kappa shape index (κ3) is 3.30. The summed E-state index contributed by atoms with van der Waals surface area (Å²) in [4.78, 5) is 25.3. The number of sulfonamides is 1. The summed E-state index contributed by atoms with van der Waals surface area (Å²) in [7, 11) is -3.69. The molecule has 0 radical (unpaired) electrons. The summed E-state index contributed by atoms with van der Waals surface area (Å²) in [5, 5.41) is 9.31. The van der Waals surface area contributed by atoms with E-state index >= 15 is 0 Å². The monoisotopic (exact) mass is 370 g/mol. The van der Waals surface area contributed by atoms with Gasteiger partial charge in [-0.1, -0.05) is 0 Å². The van der Waals surface area contributed by atoms with Gasteiger partial charge in [0.25, 0.3) is 5.91 Å². The van der Waals surface area contributed by atoms with Crippen LogP contribution in [0.15, 0.2) is 15.4 Å². The Morgan fingerprint density at radius 2 is 1.80 bits per heavy atom. The van der Waals surface area contributed by atoms with E-state index in [9.17, 15) is 23.1 Å². The maximum atomic E-state index is 12.7. The molecule has 2 fully saturated rings. The lowest BCUT2D eigenvalue weighted by molar-refractivity contribution is -0.143. The van der Waals surface area contributed by atoms with Crippen LogP contribution in [0.4, 0.5) is 0 Å². The zero-order valence-corrected chi connectivity index (χ0v) is 14.9. The van der Waals surface area contributed by atoms with Crippen LogP contribution in [0.3, 0.4) is 0 Å². The van der Waals surface area contributed by atoms with Gasteiger partial charge >= 0.3 is 5.97 Å². The highest BCUT2D eigenvalue weighted by molar-refractivity contribution is 7.89. The van der Waals surface area contributed by atoms with Gasteiger partial charge < -0.3 is 14.4 Å². The lowest BCUT2D eigenvalue weighted by Gasteiger charge is -2.32. The molecular formula is C16H22N2O6S. The van der Waals surface area contributed by atoms with Crippen molar-refractivity contribution in [3.63, 3.8) is 0 Å². The minimum Gasteiger partial charge on any atom is -0.480 e. The van der Waals surface area contributed by atoms with E-state index < -0.39 is 27.9 Å². The van der Waals surface area contributed by atoms with Gasteiger partial charge in [-0.15, -0.1) is 0 Å². The summed E-state index contributed by atoms with van der Waals surface area (Å²) in [6, 6.07) is 0.337. The van der Waals surface area contributed by atoms with E-state index in [1.54, 1.807) is 0 Å². The fourth-order valence-corrected chi connectivity index (χ4v) is 5.15. The van der Waals surface area contributed by atoms with Crippen LogP contribution >= 0.6 is 0 Å². The number of carboxylic acids is 1. The summed E-state index contributed by atoms with van der Waals surface area (Å²) in [6.45, 7) is 2.75. The highest BCUT2D eigenvalue weighted by Gasteiger charge is 2.36. The Kier molecular flexibility index (Phi) is 4.88. The zero-order valence-electron chi connectivity index (χ0n) is 14.1. The van der Waals surface area contributed by atoms with Crippen LogP contribution in [0.2, 0.25) is 0 Å². The molecule has 1 aromatic rings. The largest absolute Gasteiger partial charge is 0.480 e. The van der Waals surface area contributed by atoms with Crippen molar-refractivity contribution in [2.75, 3.05) is 19.6 Å². The van der Waals surface area contributed by atoms with E-state index in [-0.39, 0.29) is 16.4 Å². The van der Waals surface area contributed by atoms with Crippen molar-refractivity contribution in [2.24, 2.45) is 0 Å². The highest BCUT2D eigenvalue weighted by atomic mass is 32.2. The normalized spacial score (nSPS) is 22.3. The van der Waals surface area contributed by atoms with Crippen LogP contribution in [0, 0.1) is 6.92 Å². The van der Waals surface area contributed by atoms with Gasteiger partial charge in [-0.25, -0.2) is 13.2 Å². The average Bonchev–Trinajstić information content (AvgIpc) is 3.24. The van der Waals surface area contributed by atoms with Crippen molar-refractivity contribution < 1.29 is 27.5 Å². The van der Waals surface area contributed by atoms with Crippen molar-refractivity contribution in [1.82, 2.24) is 9.21 Å². The van der Waals surface area contributed by atoms with Gasteiger partial charge in [0.1, 0.15) is 16.7 Å². The first-order chi connectivity index (χ1) is 11.8. The van der Waals surface area contributed by atoms with Crippen LogP contribution in [0.5, 0.6) is 0 Å². The second kappa shape index (κ2) is 6.80. The topological polar surface area (TPSA) is 108 Å². The molecule has 1 amide bonds. The standard InChI is InChI=1S/C16H22N2O6S/c1-11-14(25(22,23)17-7-4-5-8-17)10-13(24-11)15(19)18-9-3-2-6-12(18)16(20)21/h10,12H,2-9H2,1H3,(H,20,21)/t12-/m1/s1. The molecule has 25 heavy (non-hydrogen) atoms. The van der Waals surface area contributed by atoms with Crippen molar-refractivity contribution in [1.29, 1.82) is 0 Å². The van der Waals surface area contributed by atoms with Gasteiger partial charge in [0.05, 0.1) is 0 Å². The van der Waals surface area contributed by atoms with E-state index in [1.165, 1.54) is 22.2 Å². The molecule has 0 aromatic carbocycles. The van der Waals surface area contributed by atoms with Gasteiger partial charge in [0, 0.05) is 25.7 Å². The molecule has 1 atom stereocenters. The minimum atomic E-state index is -3.69. The third-order valence-corrected chi connectivity index (χ3v) is 6.82. The summed E-state index contributed by atoms with van der Waals surface area (Å²) in [5.74, 6) is -1.60. The van der Waals surface area contributed by atoms with E-state index in [4.69, 9.17) is 4.42 Å². The summed E-state index contributed by atoms with van der Waals surface area (Å²) in [5.41, 5.74) is 0. The third-order valence-electron chi connectivity index (χ3n) is 4.81. The molecule has 0 spiro atoms. The Balaban J connectivity index is 1.89. The number of aryl methyl sites for hydroxylation is 1. The molecule has 0 saturated carbocycles. The van der Waals surface area contributed by atoms with Crippen LogP contribution in [0.25, 0.3) is 0 Å².